The number of rotatable bonds is 6. The number of hydrogen-bond donors (Lipinski definition) is 0. The lowest BCUT2D eigenvalue weighted by Gasteiger charge is -2.32. The molecular formula is C20H24BrN3O3. The molecule has 0 saturated carbocycles. The summed E-state index contributed by atoms with van der Waals surface area (Å²) in [5, 5.41) is 0. The second-order valence-electron chi connectivity index (χ2n) is 6.92. The van der Waals surface area contributed by atoms with Crippen molar-refractivity contribution >= 4 is 21.8 Å². The summed E-state index contributed by atoms with van der Waals surface area (Å²) in [6, 6.07) is 8.23. The quantitative estimate of drug-likeness (QED) is 0.692. The smallest absolute Gasteiger partial charge is 0.316 e. The summed E-state index contributed by atoms with van der Waals surface area (Å²) in [7, 11) is 0. The van der Waals surface area contributed by atoms with Crippen molar-refractivity contribution in [2.24, 2.45) is 0 Å². The first-order valence-corrected chi connectivity index (χ1v) is 9.95. The van der Waals surface area contributed by atoms with Gasteiger partial charge in [0, 0.05) is 18.9 Å². The Morgan fingerprint density at radius 2 is 1.96 bits per heavy atom. The Morgan fingerprint density at radius 1 is 1.26 bits per heavy atom. The highest BCUT2D eigenvalue weighted by Gasteiger charge is 2.25. The van der Waals surface area contributed by atoms with Crippen LogP contribution in [0.4, 0.5) is 0 Å². The summed E-state index contributed by atoms with van der Waals surface area (Å²) in [4.78, 5) is 22.5. The van der Waals surface area contributed by atoms with Crippen molar-refractivity contribution in [3.05, 3.63) is 46.7 Å². The van der Waals surface area contributed by atoms with E-state index in [4.69, 9.17) is 9.47 Å². The third-order valence-electron chi connectivity index (χ3n) is 4.51. The van der Waals surface area contributed by atoms with E-state index in [1.165, 1.54) is 5.56 Å². The Bertz CT molecular complexity index is 750. The molecule has 0 radical (unpaired) electrons. The summed E-state index contributed by atoms with van der Waals surface area (Å²) in [5.41, 5.74) is 1.25. The molecule has 2 aromatic rings. The number of nitrogens with zero attached hydrogens (tertiary/aromatic N) is 3. The highest BCUT2D eigenvalue weighted by molar-refractivity contribution is 9.10. The number of piperidine rings is 1. The van der Waals surface area contributed by atoms with Gasteiger partial charge in [0.1, 0.15) is 11.9 Å². The maximum absolute atomic E-state index is 12.5. The number of ether oxygens (including phenoxy) is 2. The molecule has 0 aliphatic carbocycles. The van der Waals surface area contributed by atoms with Gasteiger partial charge in [-0.2, -0.15) is 0 Å². The fraction of sp³-hybridized carbons (Fsp3) is 0.450. The molecule has 6 nitrogen and oxygen atoms in total. The predicted octanol–water partition coefficient (Wildman–Crippen LogP) is 3.81. The average Bonchev–Trinajstić information content (AvgIpc) is 2.68. The zero-order chi connectivity index (χ0) is 19.2. The van der Waals surface area contributed by atoms with Crippen molar-refractivity contribution in [1.29, 1.82) is 0 Å². The summed E-state index contributed by atoms with van der Waals surface area (Å²) in [5.74, 6) is 1.15. The topological polar surface area (TPSA) is 64.5 Å². The van der Waals surface area contributed by atoms with Gasteiger partial charge in [-0.3, -0.25) is 4.79 Å². The van der Waals surface area contributed by atoms with Gasteiger partial charge in [0.05, 0.1) is 11.0 Å². The molecule has 1 aliphatic heterocycles. The van der Waals surface area contributed by atoms with Gasteiger partial charge in [-0.1, -0.05) is 26.0 Å². The van der Waals surface area contributed by atoms with Crippen molar-refractivity contribution in [2.75, 3.05) is 19.7 Å². The van der Waals surface area contributed by atoms with Crippen LogP contribution in [0.1, 0.15) is 38.2 Å². The van der Waals surface area contributed by atoms with Crippen molar-refractivity contribution in [3.63, 3.8) is 0 Å². The zero-order valence-corrected chi connectivity index (χ0v) is 17.2. The molecule has 1 aromatic heterocycles. The first kappa shape index (κ1) is 19.6. The van der Waals surface area contributed by atoms with Crippen LogP contribution in [0.15, 0.2) is 41.1 Å². The number of carbonyl (C=O) groups excluding carboxylic acids is 1. The van der Waals surface area contributed by atoms with Crippen molar-refractivity contribution in [3.8, 4) is 11.8 Å². The first-order valence-electron chi connectivity index (χ1n) is 9.16. The molecule has 1 saturated heterocycles. The lowest BCUT2D eigenvalue weighted by atomic mass is 10.0. The summed E-state index contributed by atoms with van der Waals surface area (Å²) in [6.45, 7) is 5.56. The van der Waals surface area contributed by atoms with Crippen LogP contribution in [0.25, 0.3) is 0 Å². The maximum atomic E-state index is 12.5. The molecule has 7 heteroatoms. The Balaban J connectivity index is 1.49. The molecule has 1 amide bonds. The Labute approximate surface area is 168 Å². The SMILES string of the molecule is CC(C)c1ccc(OCC(=O)N2CCC[C@@H](Oc3ncc(Br)cn3)C2)cc1. The highest BCUT2D eigenvalue weighted by atomic mass is 79.9. The van der Waals surface area contributed by atoms with E-state index in [1.54, 1.807) is 17.3 Å². The Kier molecular flexibility index (Phi) is 6.66. The fourth-order valence-electron chi connectivity index (χ4n) is 2.96. The van der Waals surface area contributed by atoms with Crippen LogP contribution in [-0.4, -0.2) is 46.6 Å². The third kappa shape index (κ3) is 5.66. The van der Waals surface area contributed by atoms with Gasteiger partial charge >= 0.3 is 6.01 Å². The lowest BCUT2D eigenvalue weighted by Crippen LogP contribution is -2.46. The van der Waals surface area contributed by atoms with E-state index < -0.39 is 0 Å². The molecule has 0 bridgehead atoms. The number of carbonyl (C=O) groups is 1. The van der Waals surface area contributed by atoms with Crippen molar-refractivity contribution < 1.29 is 14.3 Å². The van der Waals surface area contributed by atoms with Gasteiger partial charge in [0.25, 0.3) is 5.91 Å². The largest absolute Gasteiger partial charge is 0.484 e. The molecule has 2 heterocycles. The monoisotopic (exact) mass is 433 g/mol. The first-order chi connectivity index (χ1) is 13.0. The standard InChI is InChI=1S/C20H24BrN3O3/c1-14(2)15-5-7-17(8-6-15)26-13-19(25)24-9-3-4-18(12-24)27-20-22-10-16(21)11-23-20/h5-8,10-11,14,18H,3-4,9,12-13H2,1-2H3/t18-/m1/s1. The second-order valence-corrected chi connectivity index (χ2v) is 7.83. The summed E-state index contributed by atoms with van der Waals surface area (Å²) < 4.78 is 12.3. The van der Waals surface area contributed by atoms with Crippen LogP contribution >= 0.6 is 15.9 Å². The minimum atomic E-state index is -0.103. The van der Waals surface area contributed by atoms with Crippen LogP contribution in [0, 0.1) is 0 Å². The Hall–Kier alpha value is -2.15. The van der Waals surface area contributed by atoms with E-state index >= 15 is 0 Å². The normalized spacial score (nSPS) is 17.0. The molecule has 144 valence electrons. The van der Waals surface area contributed by atoms with Gasteiger partial charge in [0.15, 0.2) is 6.61 Å². The molecule has 1 aliphatic rings. The summed E-state index contributed by atoms with van der Waals surface area (Å²) in [6.07, 6.45) is 4.95. The van der Waals surface area contributed by atoms with Crippen LogP contribution in [0.2, 0.25) is 0 Å². The molecule has 1 atom stereocenters. The number of benzene rings is 1. The molecule has 3 rings (SSSR count). The zero-order valence-electron chi connectivity index (χ0n) is 15.6. The van der Waals surface area contributed by atoms with E-state index in [0.717, 1.165) is 23.9 Å². The maximum Gasteiger partial charge on any atom is 0.316 e. The molecule has 0 N–H and O–H groups in total. The fourth-order valence-corrected chi connectivity index (χ4v) is 3.16. The minimum Gasteiger partial charge on any atom is -0.484 e. The molecule has 1 aromatic carbocycles. The number of aromatic nitrogens is 2. The third-order valence-corrected chi connectivity index (χ3v) is 4.92. The number of amides is 1. The number of likely N-dealkylation sites (tertiary alicyclic amines) is 1. The van der Waals surface area contributed by atoms with E-state index in [9.17, 15) is 4.79 Å². The second kappa shape index (κ2) is 9.17. The van der Waals surface area contributed by atoms with Gasteiger partial charge in [-0.25, -0.2) is 9.97 Å². The van der Waals surface area contributed by atoms with E-state index in [0.29, 0.717) is 24.2 Å². The molecule has 0 unspecified atom stereocenters. The average molecular weight is 434 g/mol. The van der Waals surface area contributed by atoms with E-state index in [1.807, 2.05) is 24.3 Å². The van der Waals surface area contributed by atoms with E-state index in [-0.39, 0.29) is 18.6 Å². The van der Waals surface area contributed by atoms with E-state index in [2.05, 4.69) is 39.7 Å². The van der Waals surface area contributed by atoms with Crippen LogP contribution < -0.4 is 9.47 Å². The van der Waals surface area contributed by atoms with Crippen molar-refractivity contribution in [2.45, 2.75) is 38.7 Å². The van der Waals surface area contributed by atoms with Crippen LogP contribution in [-0.2, 0) is 4.79 Å². The van der Waals surface area contributed by atoms with Gasteiger partial charge in [-0.05, 0) is 52.4 Å². The van der Waals surface area contributed by atoms with Gasteiger partial charge in [0.2, 0.25) is 0 Å². The molecular weight excluding hydrogens is 410 g/mol. The molecule has 1 fully saturated rings. The predicted molar refractivity (Wildman–Crippen MR) is 106 cm³/mol. The van der Waals surface area contributed by atoms with Crippen molar-refractivity contribution in [1.82, 2.24) is 14.9 Å². The van der Waals surface area contributed by atoms with Gasteiger partial charge < -0.3 is 14.4 Å². The highest BCUT2D eigenvalue weighted by Crippen LogP contribution is 2.19. The molecule has 0 spiro atoms. The Morgan fingerprint density at radius 3 is 2.63 bits per heavy atom. The number of hydrogen-bond acceptors (Lipinski definition) is 5. The molecule has 27 heavy (non-hydrogen) atoms. The van der Waals surface area contributed by atoms with Crippen LogP contribution in [0.5, 0.6) is 11.8 Å². The summed E-state index contributed by atoms with van der Waals surface area (Å²) >= 11 is 3.30. The number of halogens is 1. The van der Waals surface area contributed by atoms with Gasteiger partial charge in [-0.15, -0.1) is 0 Å². The minimum absolute atomic E-state index is 0.0303. The van der Waals surface area contributed by atoms with Crippen LogP contribution in [0.3, 0.4) is 0 Å². The lowest BCUT2D eigenvalue weighted by molar-refractivity contribution is -0.136.